The molecule has 0 unspecified atom stereocenters. The van der Waals surface area contributed by atoms with E-state index < -0.39 is 6.04 Å². The number of rotatable bonds is 9. The fourth-order valence-corrected chi connectivity index (χ4v) is 4.69. The van der Waals surface area contributed by atoms with Crippen LogP contribution >= 0.6 is 15.9 Å². The molecule has 0 aliphatic carbocycles. The van der Waals surface area contributed by atoms with Crippen LogP contribution < -0.4 is 10.2 Å². The van der Waals surface area contributed by atoms with Gasteiger partial charge in [-0.1, -0.05) is 52.3 Å². The average Bonchev–Trinajstić information content (AvgIpc) is 3.11. The molecule has 0 aromatic heterocycles. The molecule has 176 valence electrons. The van der Waals surface area contributed by atoms with Gasteiger partial charge in [0.2, 0.25) is 11.8 Å². The van der Waals surface area contributed by atoms with Gasteiger partial charge in [-0.05, 0) is 55.5 Å². The van der Waals surface area contributed by atoms with Crippen molar-refractivity contribution in [3.8, 4) is 0 Å². The lowest BCUT2D eigenvalue weighted by Gasteiger charge is -2.29. The van der Waals surface area contributed by atoms with Crippen molar-refractivity contribution in [2.24, 2.45) is 0 Å². The van der Waals surface area contributed by atoms with Crippen LogP contribution in [0.5, 0.6) is 0 Å². The summed E-state index contributed by atoms with van der Waals surface area (Å²) in [7, 11) is 0. The molecule has 0 radical (unpaired) electrons. The lowest BCUT2D eigenvalue weighted by molar-refractivity contribution is -0.140. The number of halogens is 1. The van der Waals surface area contributed by atoms with E-state index in [0.29, 0.717) is 31.6 Å². The Kier molecular flexibility index (Phi) is 7.32. The van der Waals surface area contributed by atoms with Crippen LogP contribution in [0.2, 0.25) is 0 Å². The van der Waals surface area contributed by atoms with Gasteiger partial charge in [-0.15, -0.1) is 0 Å². The van der Waals surface area contributed by atoms with Crippen molar-refractivity contribution in [1.29, 1.82) is 0 Å². The summed E-state index contributed by atoms with van der Waals surface area (Å²) in [6, 6.07) is 18.8. The van der Waals surface area contributed by atoms with Gasteiger partial charge in [0.25, 0.3) is 5.91 Å². The summed E-state index contributed by atoms with van der Waals surface area (Å²) in [5.41, 5.74) is 2.55. The van der Waals surface area contributed by atoms with E-state index in [1.165, 1.54) is 0 Å². The smallest absolute Gasteiger partial charge is 0.258 e. The van der Waals surface area contributed by atoms with Crippen LogP contribution in [0.3, 0.4) is 0 Å². The lowest BCUT2D eigenvalue weighted by atomic mass is 10.1. The van der Waals surface area contributed by atoms with E-state index in [2.05, 4.69) is 21.2 Å². The molecule has 1 heterocycles. The van der Waals surface area contributed by atoms with Crippen molar-refractivity contribution in [1.82, 2.24) is 10.2 Å². The van der Waals surface area contributed by atoms with Gasteiger partial charge >= 0.3 is 0 Å². The van der Waals surface area contributed by atoms with Gasteiger partial charge in [0.1, 0.15) is 6.04 Å². The molecule has 0 bridgehead atoms. The predicted molar refractivity (Wildman–Crippen MR) is 138 cm³/mol. The zero-order chi connectivity index (χ0) is 24.2. The summed E-state index contributed by atoms with van der Waals surface area (Å²) in [6.07, 6.45) is 0.754. The summed E-state index contributed by atoms with van der Waals surface area (Å²) in [5, 5.41) is 4.83. The zero-order valence-corrected chi connectivity index (χ0v) is 21.0. The number of nitrogens with one attached hydrogen (secondary N) is 1. The zero-order valence-electron chi connectivity index (χ0n) is 19.4. The van der Waals surface area contributed by atoms with Crippen LogP contribution in [-0.4, -0.2) is 41.8 Å². The molecule has 34 heavy (non-hydrogen) atoms. The highest BCUT2D eigenvalue weighted by atomic mass is 79.9. The molecule has 1 N–H and O–H groups in total. The third kappa shape index (κ3) is 4.85. The second kappa shape index (κ2) is 10.4. The number of likely N-dealkylation sites (N-methyl/N-ethyl adjacent to an activating group) is 1. The Morgan fingerprint density at radius 2 is 1.76 bits per heavy atom. The highest BCUT2D eigenvalue weighted by Gasteiger charge is 2.30. The van der Waals surface area contributed by atoms with Crippen LogP contribution in [0.25, 0.3) is 10.8 Å². The minimum absolute atomic E-state index is 0.0262. The minimum Gasteiger partial charge on any atom is -0.355 e. The first-order chi connectivity index (χ1) is 16.4. The van der Waals surface area contributed by atoms with Crippen LogP contribution in [0.4, 0.5) is 5.69 Å². The molecule has 0 saturated heterocycles. The Labute approximate surface area is 208 Å². The largest absolute Gasteiger partial charge is 0.355 e. The predicted octanol–water partition coefficient (Wildman–Crippen LogP) is 4.90. The molecule has 6 nitrogen and oxygen atoms in total. The van der Waals surface area contributed by atoms with Crippen LogP contribution in [0.15, 0.2) is 65.1 Å². The van der Waals surface area contributed by atoms with Gasteiger partial charge in [-0.3, -0.25) is 14.4 Å². The Morgan fingerprint density at radius 3 is 2.47 bits per heavy atom. The molecule has 1 aliphatic heterocycles. The molecule has 3 amide bonds. The Bertz CT molecular complexity index is 1220. The number of nitrogens with zero attached hydrogens (tertiary/aromatic N) is 2. The van der Waals surface area contributed by atoms with E-state index in [9.17, 15) is 14.4 Å². The molecule has 3 aromatic rings. The topological polar surface area (TPSA) is 69.7 Å². The van der Waals surface area contributed by atoms with Crippen LogP contribution in [-0.2, 0) is 16.1 Å². The summed E-state index contributed by atoms with van der Waals surface area (Å²) in [5.74, 6) is -0.310. The first kappa shape index (κ1) is 24.0. The third-order valence-corrected chi connectivity index (χ3v) is 6.73. The number of carbonyl (C=O) groups excluding carboxylic acids is 3. The molecule has 7 heteroatoms. The molecule has 4 rings (SSSR count). The van der Waals surface area contributed by atoms with Crippen LogP contribution in [0.1, 0.15) is 42.6 Å². The number of anilines is 1. The first-order valence-electron chi connectivity index (χ1n) is 11.6. The van der Waals surface area contributed by atoms with Gasteiger partial charge in [0, 0.05) is 41.5 Å². The van der Waals surface area contributed by atoms with Gasteiger partial charge in [0.05, 0.1) is 5.69 Å². The number of benzene rings is 3. The second-order valence-electron chi connectivity index (χ2n) is 8.46. The van der Waals surface area contributed by atoms with E-state index >= 15 is 0 Å². The van der Waals surface area contributed by atoms with Crippen molar-refractivity contribution in [2.75, 3.05) is 18.0 Å². The maximum absolute atomic E-state index is 13.3. The number of carbonyl (C=O) groups is 3. The summed E-state index contributed by atoms with van der Waals surface area (Å²) in [4.78, 5) is 42.2. The molecule has 3 aromatic carbocycles. The summed E-state index contributed by atoms with van der Waals surface area (Å²) < 4.78 is 0.956. The molecule has 1 aliphatic rings. The Balaban J connectivity index is 1.45. The quantitative estimate of drug-likeness (QED) is 0.435. The monoisotopic (exact) mass is 521 g/mol. The number of hydrogen-bond donors (Lipinski definition) is 1. The highest BCUT2D eigenvalue weighted by Crippen LogP contribution is 2.37. The van der Waals surface area contributed by atoms with E-state index in [-0.39, 0.29) is 24.1 Å². The van der Waals surface area contributed by atoms with Crippen molar-refractivity contribution < 1.29 is 14.4 Å². The van der Waals surface area contributed by atoms with Crippen LogP contribution in [0, 0.1) is 0 Å². The normalized spacial score (nSPS) is 13.3. The van der Waals surface area contributed by atoms with E-state index in [1.54, 1.807) is 16.7 Å². The van der Waals surface area contributed by atoms with Crippen molar-refractivity contribution in [3.05, 3.63) is 76.3 Å². The SMILES string of the molecule is CCNC(=O)[C@H](C)N(Cc1ccc(Br)cc1)C(=O)CCCN1C(=O)c2cccc3cccc1c23. The van der Waals surface area contributed by atoms with Crippen molar-refractivity contribution in [3.63, 3.8) is 0 Å². The standard InChI is InChI=1S/C27H28BrN3O3/c1-3-29-26(33)18(2)31(17-19-12-14-21(28)15-13-19)24(32)11-6-16-30-23-10-5-8-20-7-4-9-22(25(20)23)27(30)34/h4-5,7-10,12-15,18H,3,6,11,16-17H2,1-2H3,(H,29,33)/t18-/m0/s1. The van der Waals surface area contributed by atoms with E-state index in [4.69, 9.17) is 0 Å². The Morgan fingerprint density at radius 1 is 1.06 bits per heavy atom. The summed E-state index contributed by atoms with van der Waals surface area (Å²) >= 11 is 3.43. The van der Waals surface area contributed by atoms with E-state index in [0.717, 1.165) is 26.5 Å². The fourth-order valence-electron chi connectivity index (χ4n) is 4.42. The lowest BCUT2D eigenvalue weighted by Crippen LogP contribution is -2.47. The molecule has 0 spiro atoms. The Hall–Kier alpha value is -3.19. The second-order valence-corrected chi connectivity index (χ2v) is 9.38. The molecule has 1 atom stereocenters. The average molecular weight is 522 g/mol. The highest BCUT2D eigenvalue weighted by molar-refractivity contribution is 9.10. The van der Waals surface area contributed by atoms with Gasteiger partial charge in [0.15, 0.2) is 0 Å². The van der Waals surface area contributed by atoms with Gasteiger partial charge in [-0.25, -0.2) is 0 Å². The minimum atomic E-state index is -0.595. The van der Waals surface area contributed by atoms with Gasteiger partial charge in [-0.2, -0.15) is 0 Å². The maximum atomic E-state index is 13.3. The third-order valence-electron chi connectivity index (χ3n) is 6.21. The van der Waals surface area contributed by atoms with Gasteiger partial charge < -0.3 is 15.1 Å². The van der Waals surface area contributed by atoms with Crippen molar-refractivity contribution >= 4 is 50.1 Å². The first-order valence-corrected chi connectivity index (χ1v) is 12.3. The molecule has 0 fully saturated rings. The molecular weight excluding hydrogens is 494 g/mol. The molecule has 0 saturated carbocycles. The fraction of sp³-hybridized carbons (Fsp3) is 0.296. The van der Waals surface area contributed by atoms with Crippen molar-refractivity contribution in [2.45, 2.75) is 39.3 Å². The van der Waals surface area contributed by atoms with E-state index in [1.807, 2.05) is 67.6 Å². The maximum Gasteiger partial charge on any atom is 0.258 e. The number of hydrogen-bond acceptors (Lipinski definition) is 3. The number of amides is 3. The summed E-state index contributed by atoms with van der Waals surface area (Å²) in [6.45, 7) is 4.91. The molecular formula is C27H28BrN3O3.